The fourth-order valence-corrected chi connectivity index (χ4v) is 3.85. The Labute approximate surface area is 131 Å². The number of aromatic nitrogens is 1. The van der Waals surface area contributed by atoms with Crippen LogP contribution in [0.15, 0.2) is 24.4 Å². The van der Waals surface area contributed by atoms with E-state index in [1.54, 1.807) is 7.11 Å². The highest BCUT2D eigenvalue weighted by Crippen LogP contribution is 2.23. The minimum absolute atomic E-state index is 0.229. The molecule has 1 fully saturated rings. The number of nitrogens with one attached hydrogen (secondary N) is 2. The number of ether oxygens (including phenoxy) is 1. The van der Waals surface area contributed by atoms with E-state index in [0.29, 0.717) is 18.4 Å². The van der Waals surface area contributed by atoms with Crippen molar-refractivity contribution in [1.82, 2.24) is 4.98 Å². The molecular formula is C18H25N2O2+. The third-order valence-corrected chi connectivity index (χ3v) is 4.68. The van der Waals surface area contributed by atoms with Crippen molar-refractivity contribution in [2.24, 2.45) is 11.8 Å². The Hall–Kier alpha value is -1.81. The number of fused-ring (bicyclic) bond motifs is 1. The largest absolute Gasteiger partial charge is 0.497 e. The molecule has 1 aromatic carbocycles. The van der Waals surface area contributed by atoms with Gasteiger partial charge in [0.2, 0.25) is 5.78 Å². The SMILES string of the molecule is COc1ccc2c(C(=O)C[NH+]3C[C@@H](C)C[C@H](C)C3)c[nH]c2c1. The predicted molar refractivity (Wildman–Crippen MR) is 87.7 cm³/mol. The van der Waals surface area contributed by atoms with Crippen LogP contribution in [0.25, 0.3) is 10.9 Å². The highest BCUT2D eigenvalue weighted by molar-refractivity contribution is 6.08. The van der Waals surface area contributed by atoms with Crippen LogP contribution < -0.4 is 9.64 Å². The van der Waals surface area contributed by atoms with E-state index < -0.39 is 0 Å². The van der Waals surface area contributed by atoms with Gasteiger partial charge < -0.3 is 14.6 Å². The maximum atomic E-state index is 12.7. The molecule has 4 nitrogen and oxygen atoms in total. The number of Topliss-reactive ketones (excluding diaryl/α,β-unsaturated/α-hetero) is 1. The molecule has 0 radical (unpaired) electrons. The zero-order valence-electron chi connectivity index (χ0n) is 13.6. The Morgan fingerprint density at radius 3 is 2.73 bits per heavy atom. The maximum Gasteiger partial charge on any atom is 0.219 e. The number of ketones is 1. The van der Waals surface area contributed by atoms with Crippen molar-refractivity contribution >= 4 is 16.7 Å². The second-order valence-electron chi connectivity index (χ2n) is 6.82. The summed E-state index contributed by atoms with van der Waals surface area (Å²) in [6.45, 7) is 7.38. The summed E-state index contributed by atoms with van der Waals surface area (Å²) >= 11 is 0. The number of carbonyl (C=O) groups is 1. The van der Waals surface area contributed by atoms with E-state index in [-0.39, 0.29) is 5.78 Å². The van der Waals surface area contributed by atoms with E-state index in [1.165, 1.54) is 11.3 Å². The Balaban J connectivity index is 1.77. The summed E-state index contributed by atoms with van der Waals surface area (Å²) < 4.78 is 5.23. The summed E-state index contributed by atoms with van der Waals surface area (Å²) in [6, 6.07) is 5.81. The lowest BCUT2D eigenvalue weighted by Crippen LogP contribution is -3.15. The van der Waals surface area contributed by atoms with Crippen LogP contribution in [0.3, 0.4) is 0 Å². The monoisotopic (exact) mass is 301 g/mol. The summed E-state index contributed by atoms with van der Waals surface area (Å²) in [5.41, 5.74) is 1.76. The number of hydrogen-bond donors (Lipinski definition) is 2. The number of benzene rings is 1. The standard InChI is InChI=1S/C18H24N2O2/c1-12-6-13(2)10-20(9-12)11-18(21)16-8-19-17-7-14(22-3)4-5-15(16)17/h4-5,7-8,12-13,19H,6,9-11H2,1-3H3/p+1/t12-,13-/m0/s1. The van der Waals surface area contributed by atoms with Crippen LogP contribution in [0, 0.1) is 11.8 Å². The van der Waals surface area contributed by atoms with Gasteiger partial charge in [-0.2, -0.15) is 0 Å². The average molecular weight is 301 g/mol. The lowest BCUT2D eigenvalue weighted by molar-refractivity contribution is -0.903. The molecule has 3 rings (SSSR count). The Kier molecular flexibility index (Phi) is 4.21. The molecule has 2 N–H and O–H groups in total. The zero-order valence-corrected chi connectivity index (χ0v) is 13.6. The van der Waals surface area contributed by atoms with Crippen molar-refractivity contribution in [3.05, 3.63) is 30.0 Å². The highest BCUT2D eigenvalue weighted by atomic mass is 16.5. The van der Waals surface area contributed by atoms with Gasteiger partial charge in [0.15, 0.2) is 0 Å². The molecule has 0 saturated carbocycles. The first-order valence-electron chi connectivity index (χ1n) is 8.08. The van der Waals surface area contributed by atoms with Gasteiger partial charge in [-0.25, -0.2) is 0 Å². The molecular weight excluding hydrogens is 276 g/mol. The summed E-state index contributed by atoms with van der Waals surface area (Å²) in [6.07, 6.45) is 3.12. The lowest BCUT2D eigenvalue weighted by Gasteiger charge is -2.31. The molecule has 0 amide bonds. The molecule has 0 aliphatic carbocycles. The molecule has 22 heavy (non-hydrogen) atoms. The molecule has 0 bridgehead atoms. The normalized spacial score (nSPS) is 25.3. The van der Waals surface area contributed by atoms with Crippen molar-refractivity contribution in [3.8, 4) is 5.75 Å². The first kappa shape index (κ1) is 15.1. The van der Waals surface area contributed by atoms with Gasteiger partial charge in [0, 0.05) is 40.6 Å². The smallest absolute Gasteiger partial charge is 0.219 e. The first-order valence-corrected chi connectivity index (χ1v) is 8.08. The van der Waals surface area contributed by atoms with Crippen molar-refractivity contribution in [1.29, 1.82) is 0 Å². The van der Waals surface area contributed by atoms with Gasteiger partial charge in [-0.15, -0.1) is 0 Å². The van der Waals surface area contributed by atoms with Gasteiger partial charge >= 0.3 is 0 Å². The zero-order chi connectivity index (χ0) is 15.7. The third-order valence-electron chi connectivity index (χ3n) is 4.68. The number of rotatable bonds is 4. The van der Waals surface area contributed by atoms with Crippen LogP contribution in [0.5, 0.6) is 5.75 Å². The molecule has 0 unspecified atom stereocenters. The summed E-state index contributed by atoms with van der Waals surface area (Å²) in [5, 5.41) is 0.989. The molecule has 2 heterocycles. The highest BCUT2D eigenvalue weighted by Gasteiger charge is 2.27. The lowest BCUT2D eigenvalue weighted by atomic mass is 9.91. The van der Waals surface area contributed by atoms with Crippen LogP contribution in [0.2, 0.25) is 0 Å². The number of likely N-dealkylation sites (tertiary alicyclic amines) is 1. The molecule has 2 aromatic rings. The molecule has 4 heteroatoms. The summed E-state index contributed by atoms with van der Waals surface area (Å²) in [5.74, 6) is 2.45. The van der Waals surface area contributed by atoms with Crippen molar-refractivity contribution in [3.63, 3.8) is 0 Å². The summed E-state index contributed by atoms with van der Waals surface area (Å²) in [4.78, 5) is 17.3. The number of carbonyl (C=O) groups excluding carboxylic acids is 1. The minimum Gasteiger partial charge on any atom is -0.497 e. The molecule has 1 saturated heterocycles. The number of hydrogen-bond acceptors (Lipinski definition) is 2. The van der Waals surface area contributed by atoms with Crippen molar-refractivity contribution < 1.29 is 14.4 Å². The van der Waals surface area contributed by atoms with Gasteiger partial charge in [-0.1, -0.05) is 13.8 Å². The van der Waals surface area contributed by atoms with E-state index in [4.69, 9.17) is 4.74 Å². The van der Waals surface area contributed by atoms with Crippen LogP contribution in [0.1, 0.15) is 30.6 Å². The van der Waals surface area contributed by atoms with E-state index in [2.05, 4.69) is 18.8 Å². The average Bonchev–Trinajstić information content (AvgIpc) is 2.88. The number of piperidine rings is 1. The quantitative estimate of drug-likeness (QED) is 0.848. The topological polar surface area (TPSA) is 46.5 Å². The van der Waals surface area contributed by atoms with Gasteiger partial charge in [0.1, 0.15) is 12.3 Å². The van der Waals surface area contributed by atoms with Crippen LogP contribution in [-0.2, 0) is 0 Å². The van der Waals surface area contributed by atoms with Crippen molar-refractivity contribution in [2.45, 2.75) is 20.3 Å². The number of quaternary nitrogens is 1. The first-order chi connectivity index (χ1) is 10.6. The number of aromatic amines is 1. The molecule has 0 spiro atoms. The molecule has 1 aliphatic heterocycles. The molecule has 118 valence electrons. The van der Waals surface area contributed by atoms with E-state index in [9.17, 15) is 4.79 Å². The Bertz CT molecular complexity index is 667. The van der Waals surface area contributed by atoms with Gasteiger partial charge in [-0.05, 0) is 18.6 Å². The Morgan fingerprint density at radius 2 is 2.05 bits per heavy atom. The fourth-order valence-electron chi connectivity index (χ4n) is 3.85. The second kappa shape index (κ2) is 6.13. The van der Waals surface area contributed by atoms with Crippen LogP contribution in [-0.4, -0.2) is 37.5 Å². The van der Waals surface area contributed by atoms with Crippen molar-refractivity contribution in [2.75, 3.05) is 26.7 Å². The third kappa shape index (κ3) is 3.02. The molecule has 1 aromatic heterocycles. The molecule has 2 atom stereocenters. The van der Waals surface area contributed by atoms with Crippen LogP contribution >= 0.6 is 0 Å². The van der Waals surface area contributed by atoms with Gasteiger partial charge in [0.05, 0.1) is 20.2 Å². The van der Waals surface area contributed by atoms with E-state index in [0.717, 1.165) is 35.3 Å². The van der Waals surface area contributed by atoms with Gasteiger partial charge in [0.25, 0.3) is 0 Å². The van der Waals surface area contributed by atoms with E-state index >= 15 is 0 Å². The Morgan fingerprint density at radius 1 is 1.32 bits per heavy atom. The van der Waals surface area contributed by atoms with Gasteiger partial charge in [-0.3, -0.25) is 4.79 Å². The number of H-pyrrole nitrogens is 1. The number of methoxy groups -OCH3 is 1. The predicted octanol–water partition coefficient (Wildman–Crippen LogP) is 1.92. The van der Waals surface area contributed by atoms with Crippen LogP contribution in [0.4, 0.5) is 0 Å². The second-order valence-corrected chi connectivity index (χ2v) is 6.82. The summed E-state index contributed by atoms with van der Waals surface area (Å²) in [7, 11) is 1.65. The van der Waals surface area contributed by atoms with E-state index in [1.807, 2.05) is 24.4 Å². The maximum absolute atomic E-state index is 12.7. The fraction of sp³-hybridized carbons (Fsp3) is 0.500. The minimum atomic E-state index is 0.229. The molecule has 1 aliphatic rings.